The molecule has 1 heterocycles. The number of fused-ring (bicyclic) bond motifs is 1. The normalized spacial score (nSPS) is 10.5. The number of H-pyrrole nitrogens is 1. The van der Waals surface area contributed by atoms with Gasteiger partial charge in [0, 0.05) is 16.5 Å². The predicted molar refractivity (Wildman–Crippen MR) is 72.1 cm³/mol. The van der Waals surface area contributed by atoms with Gasteiger partial charge in [0.25, 0.3) is 5.56 Å². The zero-order chi connectivity index (χ0) is 14.0. The molecule has 2 rings (SSSR count). The lowest BCUT2D eigenvalue weighted by atomic mass is 10.1. The van der Waals surface area contributed by atoms with Gasteiger partial charge in [0.2, 0.25) is 0 Å². The van der Waals surface area contributed by atoms with E-state index >= 15 is 0 Å². The Kier molecular flexibility index (Phi) is 3.76. The van der Waals surface area contributed by atoms with Crippen LogP contribution >= 0.6 is 11.6 Å². The van der Waals surface area contributed by atoms with E-state index in [-0.39, 0.29) is 12.2 Å². The van der Waals surface area contributed by atoms with Crippen molar-refractivity contribution >= 4 is 28.5 Å². The minimum Gasteiger partial charge on any atom is -0.494 e. The second-order valence-corrected chi connectivity index (χ2v) is 4.24. The number of aromatic amines is 1. The van der Waals surface area contributed by atoms with Gasteiger partial charge < -0.3 is 14.5 Å². The van der Waals surface area contributed by atoms with Crippen LogP contribution in [0.25, 0.3) is 10.9 Å². The molecule has 0 atom stereocenters. The summed E-state index contributed by atoms with van der Waals surface area (Å²) in [5.74, 6) is -0.223. The molecule has 2 aromatic rings. The monoisotopic (exact) mass is 281 g/mol. The number of aromatic nitrogens is 1. The van der Waals surface area contributed by atoms with E-state index < -0.39 is 11.5 Å². The summed E-state index contributed by atoms with van der Waals surface area (Å²) in [7, 11) is 1.47. The van der Waals surface area contributed by atoms with Gasteiger partial charge in [-0.3, -0.25) is 4.79 Å². The lowest BCUT2D eigenvalue weighted by Gasteiger charge is -2.07. The van der Waals surface area contributed by atoms with E-state index in [0.29, 0.717) is 21.7 Å². The maximum atomic E-state index is 11.9. The van der Waals surface area contributed by atoms with Crippen molar-refractivity contribution in [2.75, 3.05) is 13.7 Å². The van der Waals surface area contributed by atoms with Crippen LogP contribution in [0.2, 0.25) is 5.02 Å². The average Bonchev–Trinajstić information content (AvgIpc) is 2.38. The van der Waals surface area contributed by atoms with Crippen LogP contribution in [0.15, 0.2) is 23.0 Å². The molecule has 0 bridgehead atoms. The number of pyridine rings is 1. The summed E-state index contributed by atoms with van der Waals surface area (Å²) in [6.45, 7) is 1.88. The molecule has 0 saturated carbocycles. The Hall–Kier alpha value is -2.01. The van der Waals surface area contributed by atoms with Gasteiger partial charge in [-0.15, -0.1) is 0 Å². The molecular formula is C13H12ClNO4. The molecular weight excluding hydrogens is 270 g/mol. The lowest BCUT2D eigenvalue weighted by Crippen LogP contribution is -2.19. The van der Waals surface area contributed by atoms with Gasteiger partial charge in [0.15, 0.2) is 0 Å². The van der Waals surface area contributed by atoms with Gasteiger partial charge in [-0.2, -0.15) is 0 Å². The van der Waals surface area contributed by atoms with Crippen LogP contribution in [0.5, 0.6) is 5.75 Å². The van der Waals surface area contributed by atoms with Gasteiger partial charge in [0.1, 0.15) is 11.3 Å². The molecule has 1 aromatic heterocycles. The number of esters is 1. The second kappa shape index (κ2) is 5.32. The van der Waals surface area contributed by atoms with Crippen molar-refractivity contribution in [1.29, 1.82) is 0 Å². The summed E-state index contributed by atoms with van der Waals surface area (Å²) in [6.07, 6.45) is 0. The quantitative estimate of drug-likeness (QED) is 0.877. The fourth-order valence-corrected chi connectivity index (χ4v) is 1.99. The molecule has 6 heteroatoms. The first kappa shape index (κ1) is 13.4. The van der Waals surface area contributed by atoms with Crippen molar-refractivity contribution in [3.8, 4) is 5.75 Å². The zero-order valence-electron chi connectivity index (χ0n) is 10.5. The molecule has 0 spiro atoms. The van der Waals surface area contributed by atoms with Gasteiger partial charge in [-0.25, -0.2) is 4.79 Å². The first-order chi connectivity index (χ1) is 9.06. The molecule has 0 radical (unpaired) electrons. The number of halogens is 1. The number of ether oxygens (including phenoxy) is 2. The standard InChI is InChI=1S/C13H12ClNO4/c1-3-19-13(17)9-5-7-4-8(14)6-10(18-2)11(7)15-12(9)16/h4-6H,3H2,1-2H3,(H,15,16). The molecule has 0 saturated heterocycles. The van der Waals surface area contributed by atoms with Crippen LogP contribution in [0.3, 0.4) is 0 Å². The Morgan fingerprint density at radius 1 is 1.37 bits per heavy atom. The summed E-state index contributed by atoms with van der Waals surface area (Å²) < 4.78 is 9.96. The Morgan fingerprint density at radius 2 is 2.11 bits per heavy atom. The maximum absolute atomic E-state index is 11.9. The minimum absolute atomic E-state index is 0.0568. The lowest BCUT2D eigenvalue weighted by molar-refractivity contribution is 0.0524. The van der Waals surface area contributed by atoms with Crippen LogP contribution < -0.4 is 10.3 Å². The highest BCUT2D eigenvalue weighted by molar-refractivity contribution is 6.31. The number of rotatable bonds is 3. The first-order valence-corrected chi connectivity index (χ1v) is 6.02. The summed E-state index contributed by atoms with van der Waals surface area (Å²) >= 11 is 5.95. The molecule has 5 nitrogen and oxygen atoms in total. The Morgan fingerprint density at radius 3 is 2.74 bits per heavy atom. The molecule has 100 valence electrons. The van der Waals surface area contributed by atoms with Gasteiger partial charge in [0.05, 0.1) is 19.2 Å². The van der Waals surface area contributed by atoms with E-state index in [1.165, 1.54) is 13.2 Å². The topological polar surface area (TPSA) is 68.4 Å². The Labute approximate surface area is 114 Å². The van der Waals surface area contributed by atoms with E-state index in [1.807, 2.05) is 0 Å². The maximum Gasteiger partial charge on any atom is 0.343 e. The molecule has 0 aliphatic carbocycles. The number of carbonyl (C=O) groups excluding carboxylic acids is 1. The molecule has 0 amide bonds. The van der Waals surface area contributed by atoms with Crippen LogP contribution in [-0.4, -0.2) is 24.7 Å². The number of hydrogen-bond acceptors (Lipinski definition) is 4. The molecule has 0 fully saturated rings. The third-order valence-corrected chi connectivity index (χ3v) is 2.81. The molecule has 1 N–H and O–H groups in total. The molecule has 0 aliphatic rings. The number of carbonyl (C=O) groups is 1. The smallest absolute Gasteiger partial charge is 0.343 e. The SMILES string of the molecule is CCOC(=O)c1cc2cc(Cl)cc(OC)c2[nH]c1=O. The van der Waals surface area contributed by atoms with Crippen LogP contribution in [0.1, 0.15) is 17.3 Å². The summed E-state index contributed by atoms with van der Waals surface area (Å²) in [4.78, 5) is 26.1. The summed E-state index contributed by atoms with van der Waals surface area (Å²) in [5, 5.41) is 1.05. The van der Waals surface area contributed by atoms with Crippen molar-refractivity contribution in [1.82, 2.24) is 4.98 Å². The summed E-state index contributed by atoms with van der Waals surface area (Å²) in [6, 6.07) is 4.67. The second-order valence-electron chi connectivity index (χ2n) is 3.80. The van der Waals surface area contributed by atoms with Crippen molar-refractivity contribution in [3.63, 3.8) is 0 Å². The fraction of sp³-hybridized carbons (Fsp3) is 0.231. The minimum atomic E-state index is -0.662. The fourth-order valence-electron chi connectivity index (χ4n) is 1.77. The predicted octanol–water partition coefficient (Wildman–Crippen LogP) is 2.37. The molecule has 1 aromatic carbocycles. The van der Waals surface area contributed by atoms with Crippen molar-refractivity contribution in [3.05, 3.63) is 39.1 Å². The average molecular weight is 282 g/mol. The molecule has 19 heavy (non-hydrogen) atoms. The highest BCUT2D eigenvalue weighted by atomic mass is 35.5. The van der Waals surface area contributed by atoms with E-state index in [4.69, 9.17) is 21.1 Å². The molecule has 0 aliphatic heterocycles. The van der Waals surface area contributed by atoms with Crippen molar-refractivity contribution < 1.29 is 14.3 Å². The molecule has 0 unspecified atom stereocenters. The van der Waals surface area contributed by atoms with Gasteiger partial charge >= 0.3 is 5.97 Å². The van der Waals surface area contributed by atoms with Crippen molar-refractivity contribution in [2.45, 2.75) is 6.92 Å². The third-order valence-electron chi connectivity index (χ3n) is 2.60. The highest BCUT2D eigenvalue weighted by Gasteiger charge is 2.14. The third kappa shape index (κ3) is 2.56. The van der Waals surface area contributed by atoms with E-state index in [1.54, 1.807) is 19.1 Å². The van der Waals surface area contributed by atoms with Crippen LogP contribution in [0, 0.1) is 0 Å². The van der Waals surface area contributed by atoms with E-state index in [2.05, 4.69) is 4.98 Å². The van der Waals surface area contributed by atoms with Gasteiger partial charge in [-0.05, 0) is 19.1 Å². The number of benzene rings is 1. The number of hydrogen-bond donors (Lipinski definition) is 1. The zero-order valence-corrected chi connectivity index (χ0v) is 11.2. The first-order valence-electron chi connectivity index (χ1n) is 5.64. The highest BCUT2D eigenvalue weighted by Crippen LogP contribution is 2.27. The summed E-state index contributed by atoms with van der Waals surface area (Å²) in [5.41, 5.74) is -0.0878. The van der Waals surface area contributed by atoms with Gasteiger partial charge in [-0.1, -0.05) is 11.6 Å². The van der Waals surface area contributed by atoms with E-state index in [0.717, 1.165) is 0 Å². The Balaban J connectivity index is 2.69. The van der Waals surface area contributed by atoms with Crippen LogP contribution in [0.4, 0.5) is 0 Å². The number of methoxy groups -OCH3 is 1. The number of nitrogens with one attached hydrogen (secondary N) is 1. The van der Waals surface area contributed by atoms with Crippen molar-refractivity contribution in [2.24, 2.45) is 0 Å². The Bertz CT molecular complexity index is 693. The van der Waals surface area contributed by atoms with Crippen LogP contribution in [-0.2, 0) is 4.74 Å². The van der Waals surface area contributed by atoms with E-state index in [9.17, 15) is 9.59 Å². The largest absolute Gasteiger partial charge is 0.494 e.